The van der Waals surface area contributed by atoms with Crippen molar-refractivity contribution < 1.29 is 14.3 Å². The van der Waals surface area contributed by atoms with E-state index in [2.05, 4.69) is 5.32 Å². The third kappa shape index (κ3) is 3.39. The number of nitrogens with zero attached hydrogens (tertiary/aromatic N) is 2. The quantitative estimate of drug-likeness (QED) is 0.487. The van der Waals surface area contributed by atoms with Crippen LogP contribution in [-0.4, -0.2) is 29.9 Å². The van der Waals surface area contributed by atoms with E-state index in [1.54, 1.807) is 14.2 Å². The lowest BCUT2D eigenvalue weighted by atomic mass is 9.84. The number of para-hydroxylation sites is 1. The summed E-state index contributed by atoms with van der Waals surface area (Å²) in [4.78, 5) is 12.8. The van der Waals surface area contributed by atoms with Crippen molar-refractivity contribution >= 4 is 11.7 Å². The van der Waals surface area contributed by atoms with Crippen LogP contribution >= 0.6 is 0 Å². The Morgan fingerprint density at radius 3 is 2.34 bits per heavy atom. The highest BCUT2D eigenvalue weighted by Gasteiger charge is 2.35. The molecule has 3 aromatic carbocycles. The maximum atomic E-state index is 12.8. The van der Waals surface area contributed by atoms with Crippen LogP contribution in [0.4, 0.5) is 5.82 Å². The van der Waals surface area contributed by atoms with E-state index in [9.17, 15) is 4.79 Å². The Hall–Kier alpha value is -4.06. The number of hydrogen-bond acceptors (Lipinski definition) is 4. The topological polar surface area (TPSA) is 65.4 Å². The van der Waals surface area contributed by atoms with Gasteiger partial charge in [0.25, 0.3) is 0 Å². The fraction of sp³-hybridized carbons (Fsp3) is 0.154. The summed E-state index contributed by atoms with van der Waals surface area (Å²) in [7, 11) is 3.26. The Kier molecular flexibility index (Phi) is 5.11. The lowest BCUT2D eigenvalue weighted by molar-refractivity contribution is -0.116. The first-order chi connectivity index (χ1) is 15.7. The van der Waals surface area contributed by atoms with Gasteiger partial charge in [-0.25, -0.2) is 4.68 Å². The van der Waals surface area contributed by atoms with Gasteiger partial charge in [-0.15, -0.1) is 0 Å². The molecule has 2 heterocycles. The maximum Gasteiger partial charge on any atom is 0.226 e. The Labute approximate surface area is 186 Å². The second-order valence-corrected chi connectivity index (χ2v) is 7.64. The van der Waals surface area contributed by atoms with Gasteiger partial charge in [-0.3, -0.25) is 4.79 Å². The standard InChI is InChI=1S/C26H23N3O3/c1-31-19-13-14-20(22(15-19)32-2)21-16-23(30)27-26-24(21)25(17-9-5-3-6-10-17)28-29(26)18-11-7-4-8-12-18/h3-15,21H,16H2,1-2H3,(H,27,30). The van der Waals surface area contributed by atoms with E-state index < -0.39 is 0 Å². The van der Waals surface area contributed by atoms with E-state index in [4.69, 9.17) is 14.6 Å². The third-order valence-corrected chi connectivity index (χ3v) is 5.78. The first-order valence-corrected chi connectivity index (χ1v) is 10.4. The highest BCUT2D eigenvalue weighted by Crippen LogP contribution is 2.46. The largest absolute Gasteiger partial charge is 0.497 e. The van der Waals surface area contributed by atoms with Crippen LogP contribution in [0.15, 0.2) is 78.9 Å². The van der Waals surface area contributed by atoms with Crippen molar-refractivity contribution in [1.82, 2.24) is 9.78 Å². The molecular formula is C26H23N3O3. The molecule has 160 valence electrons. The fourth-order valence-corrected chi connectivity index (χ4v) is 4.29. The number of benzene rings is 3. The molecule has 6 heteroatoms. The molecule has 32 heavy (non-hydrogen) atoms. The number of fused-ring (bicyclic) bond motifs is 1. The molecular weight excluding hydrogens is 402 g/mol. The van der Waals surface area contributed by atoms with Gasteiger partial charge in [0, 0.05) is 35.1 Å². The average molecular weight is 425 g/mol. The van der Waals surface area contributed by atoms with Crippen molar-refractivity contribution in [2.45, 2.75) is 12.3 Å². The summed E-state index contributed by atoms with van der Waals surface area (Å²) in [6.07, 6.45) is 0.302. The molecule has 1 amide bonds. The van der Waals surface area contributed by atoms with E-state index in [1.807, 2.05) is 83.5 Å². The van der Waals surface area contributed by atoms with Crippen LogP contribution in [0.5, 0.6) is 11.5 Å². The Bertz CT molecular complexity index is 1270. The number of carbonyl (C=O) groups is 1. The predicted molar refractivity (Wildman–Crippen MR) is 124 cm³/mol. The summed E-state index contributed by atoms with van der Waals surface area (Å²) in [6, 6.07) is 25.6. The molecule has 1 aromatic heterocycles. The molecule has 0 radical (unpaired) electrons. The number of methoxy groups -OCH3 is 2. The first-order valence-electron chi connectivity index (χ1n) is 10.4. The van der Waals surface area contributed by atoms with Gasteiger partial charge in [0.15, 0.2) is 0 Å². The predicted octanol–water partition coefficient (Wildman–Crippen LogP) is 5.03. The van der Waals surface area contributed by atoms with E-state index in [0.29, 0.717) is 23.7 Å². The van der Waals surface area contributed by atoms with Gasteiger partial charge in [-0.2, -0.15) is 5.10 Å². The van der Waals surface area contributed by atoms with Gasteiger partial charge < -0.3 is 14.8 Å². The summed E-state index contributed by atoms with van der Waals surface area (Å²) in [5.41, 5.74) is 4.62. The number of rotatable bonds is 5. The molecule has 0 fully saturated rings. The van der Waals surface area contributed by atoms with Gasteiger partial charge in [0.2, 0.25) is 5.91 Å². The van der Waals surface area contributed by atoms with Crippen LogP contribution in [-0.2, 0) is 4.79 Å². The van der Waals surface area contributed by atoms with Gasteiger partial charge in [-0.1, -0.05) is 54.6 Å². The van der Waals surface area contributed by atoms with Crippen LogP contribution in [0.1, 0.15) is 23.5 Å². The number of hydrogen-bond donors (Lipinski definition) is 1. The van der Waals surface area contributed by atoms with Gasteiger partial charge >= 0.3 is 0 Å². The molecule has 0 spiro atoms. The molecule has 5 rings (SSSR count). The highest BCUT2D eigenvalue weighted by molar-refractivity contribution is 5.97. The molecule has 0 saturated carbocycles. The van der Waals surface area contributed by atoms with E-state index in [0.717, 1.165) is 28.1 Å². The lowest BCUT2D eigenvalue weighted by Crippen LogP contribution is -2.25. The number of nitrogens with one attached hydrogen (secondary N) is 1. The molecule has 1 aliphatic heterocycles. The molecule has 0 aliphatic carbocycles. The Morgan fingerprint density at radius 1 is 0.938 bits per heavy atom. The number of ether oxygens (including phenoxy) is 2. The van der Waals surface area contributed by atoms with Crippen molar-refractivity contribution in [3.05, 3.63) is 90.0 Å². The summed E-state index contributed by atoms with van der Waals surface area (Å²) < 4.78 is 12.9. The van der Waals surface area contributed by atoms with E-state index >= 15 is 0 Å². The molecule has 1 aliphatic rings. The normalized spacial score (nSPS) is 15.1. The van der Waals surface area contributed by atoms with Gasteiger partial charge in [0.05, 0.1) is 25.6 Å². The summed E-state index contributed by atoms with van der Waals surface area (Å²) in [5.74, 6) is 1.80. The molecule has 1 atom stereocenters. The zero-order chi connectivity index (χ0) is 22.1. The van der Waals surface area contributed by atoms with Crippen LogP contribution in [0, 0.1) is 0 Å². The molecule has 1 unspecified atom stereocenters. The number of aromatic nitrogens is 2. The van der Waals surface area contributed by atoms with Crippen LogP contribution in [0.25, 0.3) is 16.9 Å². The minimum absolute atomic E-state index is 0.0583. The van der Waals surface area contributed by atoms with Crippen molar-refractivity contribution in [2.24, 2.45) is 0 Å². The minimum Gasteiger partial charge on any atom is -0.497 e. The minimum atomic E-state index is -0.215. The molecule has 1 N–H and O–H groups in total. The molecule has 6 nitrogen and oxygen atoms in total. The van der Waals surface area contributed by atoms with Crippen molar-refractivity contribution in [3.63, 3.8) is 0 Å². The smallest absolute Gasteiger partial charge is 0.226 e. The number of amides is 1. The van der Waals surface area contributed by atoms with Gasteiger partial charge in [0.1, 0.15) is 17.3 Å². The van der Waals surface area contributed by atoms with Crippen LogP contribution in [0.3, 0.4) is 0 Å². The lowest BCUT2D eigenvalue weighted by Gasteiger charge is -2.26. The summed E-state index contributed by atoms with van der Waals surface area (Å²) in [6.45, 7) is 0. The van der Waals surface area contributed by atoms with Gasteiger partial charge in [-0.05, 0) is 18.2 Å². The Balaban J connectivity index is 1.77. The zero-order valence-electron chi connectivity index (χ0n) is 17.9. The fourth-order valence-electron chi connectivity index (χ4n) is 4.29. The Morgan fingerprint density at radius 2 is 1.66 bits per heavy atom. The SMILES string of the molecule is COc1ccc(C2CC(=O)Nc3c2c(-c2ccccc2)nn3-c2ccccc2)c(OC)c1. The van der Waals surface area contributed by atoms with Crippen molar-refractivity contribution in [3.8, 4) is 28.4 Å². The molecule has 0 bridgehead atoms. The van der Waals surface area contributed by atoms with E-state index in [1.165, 1.54) is 0 Å². The second kappa shape index (κ2) is 8.23. The number of carbonyl (C=O) groups excluding carboxylic acids is 1. The molecule has 4 aromatic rings. The summed E-state index contributed by atoms with van der Waals surface area (Å²) in [5, 5.41) is 8.04. The van der Waals surface area contributed by atoms with E-state index in [-0.39, 0.29) is 11.8 Å². The van der Waals surface area contributed by atoms with Crippen molar-refractivity contribution in [2.75, 3.05) is 19.5 Å². The zero-order valence-corrected chi connectivity index (χ0v) is 17.9. The average Bonchev–Trinajstić information content (AvgIpc) is 3.23. The first kappa shape index (κ1) is 19.9. The number of anilines is 1. The van der Waals surface area contributed by atoms with Crippen LogP contribution in [0.2, 0.25) is 0 Å². The summed E-state index contributed by atoms with van der Waals surface area (Å²) >= 11 is 0. The second-order valence-electron chi connectivity index (χ2n) is 7.64. The van der Waals surface area contributed by atoms with Crippen molar-refractivity contribution in [1.29, 1.82) is 0 Å². The molecule has 0 saturated heterocycles. The van der Waals surface area contributed by atoms with Crippen LogP contribution < -0.4 is 14.8 Å². The third-order valence-electron chi connectivity index (χ3n) is 5.78. The monoisotopic (exact) mass is 425 g/mol. The highest BCUT2D eigenvalue weighted by atomic mass is 16.5. The maximum absolute atomic E-state index is 12.8.